The first-order chi connectivity index (χ1) is 5.63. The van der Waals surface area contributed by atoms with E-state index < -0.39 is 13.0 Å². The van der Waals surface area contributed by atoms with Crippen molar-refractivity contribution in [3.05, 3.63) is 0 Å². The van der Waals surface area contributed by atoms with E-state index >= 15 is 0 Å². The maximum absolute atomic E-state index is 8.06. The van der Waals surface area contributed by atoms with Crippen molar-refractivity contribution >= 4 is 12.4 Å². The highest BCUT2D eigenvalue weighted by atomic mass is 16.8. The third kappa shape index (κ3) is 8.78. The van der Waals surface area contributed by atoms with E-state index in [1.165, 1.54) is 0 Å². The summed E-state index contributed by atoms with van der Waals surface area (Å²) in [6, 6.07) is 0. The summed E-state index contributed by atoms with van der Waals surface area (Å²) in [5.41, 5.74) is 0. The molecule has 0 spiro atoms. The Morgan fingerprint density at radius 1 is 0.833 bits per heavy atom. The Hall–Kier alpha value is -1.22. The lowest BCUT2D eigenvalue weighted by molar-refractivity contribution is -0.235. The van der Waals surface area contributed by atoms with E-state index in [4.69, 9.17) is 20.4 Å². The Kier molecular flexibility index (Phi) is 5.83. The fraction of sp³-hybridized carbons (Fsp3) is 0.500. The average molecular weight is 180 g/mol. The third-order valence-corrected chi connectivity index (χ3v) is 0.499. The van der Waals surface area contributed by atoms with Crippen LogP contribution in [-0.4, -0.2) is 45.8 Å². The van der Waals surface area contributed by atoms with Crippen molar-refractivity contribution in [2.45, 2.75) is 13.0 Å². The molecule has 0 fully saturated rings. The fourth-order valence-electron chi connectivity index (χ4n) is 0.234. The third-order valence-electron chi connectivity index (χ3n) is 0.499. The molecule has 0 bridgehead atoms. The number of hydrogen-bond acceptors (Lipinski definition) is 8. The quantitative estimate of drug-likeness (QED) is 0.211. The molecule has 0 aromatic carbocycles. The first-order valence-corrected chi connectivity index (χ1v) is 2.72. The van der Waals surface area contributed by atoms with Crippen LogP contribution in [0.5, 0.6) is 0 Å². The van der Waals surface area contributed by atoms with E-state index in [2.05, 4.69) is 20.0 Å². The predicted octanol–water partition coefficient (Wildman–Crippen LogP) is -2.47. The first kappa shape index (κ1) is 10.8. The molecule has 0 aliphatic carbocycles. The Balaban J connectivity index is 3.39. The van der Waals surface area contributed by atoms with E-state index in [1.807, 2.05) is 0 Å². The van der Waals surface area contributed by atoms with E-state index in [-0.39, 0.29) is 0 Å². The lowest BCUT2D eigenvalue weighted by Gasteiger charge is -1.97. The number of rotatable bonds is 5. The van der Waals surface area contributed by atoms with Gasteiger partial charge in [0, 0.05) is 0 Å². The lowest BCUT2D eigenvalue weighted by atomic mass is 10.8. The molecular formula is C4H8N2O6. The van der Waals surface area contributed by atoms with Gasteiger partial charge >= 0.3 is 13.0 Å². The maximum Gasteiger partial charge on any atom is 0.334 e. The van der Waals surface area contributed by atoms with Crippen LogP contribution in [0.4, 0.5) is 0 Å². The first-order valence-electron chi connectivity index (χ1n) is 2.72. The second-order valence-electron chi connectivity index (χ2n) is 1.37. The maximum atomic E-state index is 8.06. The molecule has 0 rings (SSSR count). The van der Waals surface area contributed by atoms with Crippen molar-refractivity contribution in [1.29, 1.82) is 0 Å². The molecule has 8 heteroatoms. The summed E-state index contributed by atoms with van der Waals surface area (Å²) in [5.74, 6) is 0. The molecule has 0 aliphatic rings. The van der Waals surface area contributed by atoms with Crippen molar-refractivity contribution in [3.63, 3.8) is 0 Å². The molecule has 0 aliphatic heterocycles. The minimum absolute atomic E-state index is 0.905. The summed E-state index contributed by atoms with van der Waals surface area (Å²) in [4.78, 5) is 7.72. The topological polar surface area (TPSA) is 124 Å². The van der Waals surface area contributed by atoms with Crippen LogP contribution >= 0.6 is 0 Å². The van der Waals surface area contributed by atoms with Gasteiger partial charge in [0.1, 0.15) is 0 Å². The van der Waals surface area contributed by atoms with Crippen LogP contribution in [-0.2, 0) is 9.68 Å². The molecule has 70 valence electrons. The minimum Gasteiger partial charge on any atom is -0.335 e. The molecule has 4 N–H and O–H groups in total. The van der Waals surface area contributed by atoms with Crippen LogP contribution < -0.4 is 0 Å². The van der Waals surface area contributed by atoms with Crippen molar-refractivity contribution < 1.29 is 30.1 Å². The molecule has 12 heavy (non-hydrogen) atoms. The van der Waals surface area contributed by atoms with Gasteiger partial charge in [-0.2, -0.15) is 0 Å². The average Bonchev–Trinajstić information content (AvgIpc) is 1.95. The minimum atomic E-state index is -2.00. The second-order valence-corrected chi connectivity index (χ2v) is 1.37. The van der Waals surface area contributed by atoms with E-state index in [0.29, 0.717) is 0 Å². The van der Waals surface area contributed by atoms with Crippen LogP contribution in [0.15, 0.2) is 10.3 Å². The zero-order valence-corrected chi connectivity index (χ0v) is 5.81. The van der Waals surface area contributed by atoms with E-state index in [0.717, 1.165) is 12.4 Å². The van der Waals surface area contributed by atoms with Gasteiger partial charge in [-0.25, -0.2) is 0 Å². The van der Waals surface area contributed by atoms with Crippen molar-refractivity contribution in [2.24, 2.45) is 10.3 Å². The van der Waals surface area contributed by atoms with Gasteiger partial charge in [-0.05, 0) is 0 Å². The molecule has 8 nitrogen and oxygen atoms in total. The predicted molar refractivity (Wildman–Crippen MR) is 35.6 cm³/mol. The molecule has 0 aromatic heterocycles. The highest BCUT2D eigenvalue weighted by molar-refractivity contribution is 6.15. The summed E-state index contributed by atoms with van der Waals surface area (Å²) in [6.07, 6.45) is 1.81. The van der Waals surface area contributed by atoms with Gasteiger partial charge < -0.3 is 30.1 Å². The molecule has 0 heterocycles. The molecule has 0 aromatic rings. The SMILES string of the molecule is OC(O)O/N=C/C=N/OC(O)O. The zero-order valence-electron chi connectivity index (χ0n) is 5.81. The van der Waals surface area contributed by atoms with Crippen LogP contribution in [0, 0.1) is 0 Å². The van der Waals surface area contributed by atoms with E-state index in [1.54, 1.807) is 0 Å². The highest BCUT2D eigenvalue weighted by Gasteiger charge is 1.90. The van der Waals surface area contributed by atoms with Crippen molar-refractivity contribution in [1.82, 2.24) is 0 Å². The molecule has 0 saturated heterocycles. The fourth-order valence-corrected chi connectivity index (χ4v) is 0.234. The number of aliphatic hydroxyl groups is 4. The summed E-state index contributed by atoms with van der Waals surface area (Å²) in [6.45, 7) is -4.00. The monoisotopic (exact) mass is 180 g/mol. The van der Waals surface area contributed by atoms with Crippen LogP contribution in [0.2, 0.25) is 0 Å². The highest BCUT2D eigenvalue weighted by Crippen LogP contribution is 1.79. The largest absolute Gasteiger partial charge is 0.335 e. The van der Waals surface area contributed by atoms with Crippen molar-refractivity contribution in [3.8, 4) is 0 Å². The molecule has 0 unspecified atom stereocenters. The number of nitrogens with zero attached hydrogens (tertiary/aromatic N) is 2. The van der Waals surface area contributed by atoms with Gasteiger partial charge in [-0.1, -0.05) is 10.3 Å². The number of hydrogen-bond donors (Lipinski definition) is 4. The molecule has 0 amide bonds. The molecule has 0 saturated carbocycles. The Morgan fingerprint density at radius 3 is 1.42 bits per heavy atom. The van der Waals surface area contributed by atoms with Gasteiger partial charge in [-0.15, -0.1) is 0 Å². The second kappa shape index (κ2) is 6.49. The summed E-state index contributed by atoms with van der Waals surface area (Å²) < 4.78 is 0. The zero-order chi connectivity index (χ0) is 9.40. The molecule has 0 atom stereocenters. The molecule has 0 radical (unpaired) electrons. The number of aliphatic hydroxyl groups excluding tert-OH is 2. The Labute approximate surface area is 66.9 Å². The van der Waals surface area contributed by atoms with Crippen LogP contribution in [0.3, 0.4) is 0 Å². The number of oxime groups is 2. The smallest absolute Gasteiger partial charge is 0.334 e. The van der Waals surface area contributed by atoms with Gasteiger partial charge in [0.15, 0.2) is 0 Å². The lowest BCUT2D eigenvalue weighted by Crippen LogP contribution is -2.06. The Bertz CT molecular complexity index is 138. The van der Waals surface area contributed by atoms with Crippen LogP contribution in [0.1, 0.15) is 0 Å². The molecular weight excluding hydrogens is 172 g/mol. The van der Waals surface area contributed by atoms with Crippen molar-refractivity contribution in [2.75, 3.05) is 0 Å². The summed E-state index contributed by atoms with van der Waals surface area (Å²) in [5, 5.41) is 38.1. The van der Waals surface area contributed by atoms with Gasteiger partial charge in [0.25, 0.3) is 0 Å². The van der Waals surface area contributed by atoms with Crippen LogP contribution in [0.25, 0.3) is 0 Å². The van der Waals surface area contributed by atoms with E-state index in [9.17, 15) is 0 Å². The summed E-state index contributed by atoms with van der Waals surface area (Å²) >= 11 is 0. The van der Waals surface area contributed by atoms with Gasteiger partial charge in [0.2, 0.25) is 0 Å². The normalized spacial score (nSPS) is 12.2. The van der Waals surface area contributed by atoms with Gasteiger partial charge in [0.05, 0.1) is 12.4 Å². The Morgan fingerprint density at radius 2 is 1.17 bits per heavy atom. The summed E-state index contributed by atoms with van der Waals surface area (Å²) in [7, 11) is 0. The standard InChI is InChI=1S/C4H8N2O6/c7-3(8)11-5-1-2-6-12-4(9)10/h1-4,7-10H/b5-1+,6-2+. The van der Waals surface area contributed by atoms with Gasteiger partial charge in [-0.3, -0.25) is 0 Å².